The summed E-state index contributed by atoms with van der Waals surface area (Å²) >= 11 is 0. The van der Waals surface area contributed by atoms with Gasteiger partial charge in [-0.2, -0.15) is 0 Å². The van der Waals surface area contributed by atoms with Gasteiger partial charge in [-0.25, -0.2) is 0 Å². The van der Waals surface area contributed by atoms with Crippen molar-refractivity contribution in [2.45, 2.75) is 33.6 Å². The number of hydrogen-bond donors (Lipinski definition) is 1. The molecule has 1 aliphatic rings. The van der Waals surface area contributed by atoms with E-state index in [0.717, 1.165) is 30.6 Å². The lowest BCUT2D eigenvalue weighted by Crippen LogP contribution is -2.33. The minimum absolute atomic E-state index is 0.0170. The summed E-state index contributed by atoms with van der Waals surface area (Å²) in [4.78, 5) is 36.6. The molecule has 2 rings (SSSR count). The van der Waals surface area contributed by atoms with Gasteiger partial charge in [-0.1, -0.05) is 13.8 Å². The van der Waals surface area contributed by atoms with Crippen molar-refractivity contribution >= 4 is 29.2 Å². The number of amides is 2. The van der Waals surface area contributed by atoms with E-state index >= 15 is 0 Å². The summed E-state index contributed by atoms with van der Waals surface area (Å²) in [6.07, 6.45) is 1.77. The molecule has 124 valence electrons. The molecule has 1 N–H and O–H groups in total. The molecule has 6 nitrogen and oxygen atoms in total. The van der Waals surface area contributed by atoms with Gasteiger partial charge < -0.3 is 15.0 Å². The second kappa shape index (κ2) is 7.26. The van der Waals surface area contributed by atoms with Gasteiger partial charge in [0.2, 0.25) is 5.91 Å². The molecule has 6 heteroatoms. The van der Waals surface area contributed by atoms with E-state index < -0.39 is 5.97 Å². The predicted octanol–water partition coefficient (Wildman–Crippen LogP) is 2.12. The van der Waals surface area contributed by atoms with Crippen LogP contribution < -0.4 is 10.2 Å². The molecule has 0 bridgehead atoms. The van der Waals surface area contributed by atoms with Gasteiger partial charge >= 0.3 is 5.97 Å². The first-order chi connectivity index (χ1) is 10.9. The van der Waals surface area contributed by atoms with Crippen LogP contribution >= 0.6 is 0 Å². The van der Waals surface area contributed by atoms with Gasteiger partial charge in [0.25, 0.3) is 5.91 Å². The Balaban J connectivity index is 2.01. The largest absolute Gasteiger partial charge is 0.455 e. The Bertz CT molecular complexity index is 625. The summed E-state index contributed by atoms with van der Waals surface area (Å²) in [6.45, 7) is 5.40. The highest BCUT2D eigenvalue weighted by Gasteiger charge is 2.20. The zero-order valence-corrected chi connectivity index (χ0v) is 13.7. The fourth-order valence-corrected chi connectivity index (χ4v) is 2.50. The summed E-state index contributed by atoms with van der Waals surface area (Å²) < 4.78 is 4.89. The van der Waals surface area contributed by atoms with Crippen LogP contribution in [0.15, 0.2) is 18.2 Å². The Morgan fingerprint density at radius 2 is 2.04 bits per heavy atom. The number of ether oxygens (including phenoxy) is 1. The molecule has 1 aromatic rings. The molecular formula is C17H22N2O4. The summed E-state index contributed by atoms with van der Waals surface area (Å²) in [5.74, 6) is -1.02. The Labute approximate surface area is 135 Å². The zero-order chi connectivity index (χ0) is 17.0. The molecule has 0 spiro atoms. The van der Waals surface area contributed by atoms with E-state index in [4.69, 9.17) is 4.74 Å². The van der Waals surface area contributed by atoms with Crippen LogP contribution in [0, 0.1) is 5.92 Å². The van der Waals surface area contributed by atoms with E-state index in [2.05, 4.69) is 5.32 Å². The van der Waals surface area contributed by atoms with E-state index in [1.165, 1.54) is 0 Å². The summed E-state index contributed by atoms with van der Waals surface area (Å²) in [6, 6.07) is 5.46. The number of nitrogens with one attached hydrogen (secondary N) is 1. The van der Waals surface area contributed by atoms with Crippen molar-refractivity contribution in [3.8, 4) is 0 Å². The second-order valence-electron chi connectivity index (χ2n) is 5.93. The van der Waals surface area contributed by atoms with Gasteiger partial charge in [-0.15, -0.1) is 0 Å². The van der Waals surface area contributed by atoms with E-state index in [1.54, 1.807) is 31.7 Å². The number of nitrogens with zero attached hydrogens (tertiary/aromatic N) is 1. The highest BCUT2D eigenvalue weighted by Crippen LogP contribution is 2.29. The fraction of sp³-hybridized carbons (Fsp3) is 0.471. The van der Waals surface area contributed by atoms with Crippen LogP contribution in [0.5, 0.6) is 0 Å². The Morgan fingerprint density at radius 1 is 1.30 bits per heavy atom. The molecule has 0 radical (unpaired) electrons. The van der Waals surface area contributed by atoms with Crippen LogP contribution in [0.4, 0.5) is 11.4 Å². The molecule has 1 aromatic carbocycles. The van der Waals surface area contributed by atoms with Crippen LogP contribution in [0.2, 0.25) is 0 Å². The summed E-state index contributed by atoms with van der Waals surface area (Å²) in [5.41, 5.74) is 2.57. The van der Waals surface area contributed by atoms with Crippen molar-refractivity contribution in [3.05, 3.63) is 23.8 Å². The van der Waals surface area contributed by atoms with Crippen molar-refractivity contribution in [2.75, 3.05) is 23.4 Å². The second-order valence-corrected chi connectivity index (χ2v) is 5.93. The SMILES string of the molecule is CC(=O)N1CCCc2cc(NC(=O)COC(=O)C(C)C)ccc21. The molecular weight excluding hydrogens is 296 g/mol. The lowest BCUT2D eigenvalue weighted by molar-refractivity contribution is -0.150. The zero-order valence-electron chi connectivity index (χ0n) is 13.7. The molecule has 0 atom stereocenters. The summed E-state index contributed by atoms with van der Waals surface area (Å²) in [7, 11) is 0. The highest BCUT2D eigenvalue weighted by molar-refractivity contribution is 5.95. The van der Waals surface area contributed by atoms with Gasteiger partial charge in [0.05, 0.1) is 5.92 Å². The van der Waals surface area contributed by atoms with Crippen molar-refractivity contribution in [2.24, 2.45) is 5.92 Å². The molecule has 1 aliphatic heterocycles. The topological polar surface area (TPSA) is 75.7 Å². The number of hydrogen-bond acceptors (Lipinski definition) is 4. The van der Waals surface area contributed by atoms with Gasteiger partial charge in [0.15, 0.2) is 6.61 Å². The Kier molecular flexibility index (Phi) is 5.36. The average Bonchev–Trinajstić information content (AvgIpc) is 2.51. The van der Waals surface area contributed by atoms with Crippen molar-refractivity contribution in [1.82, 2.24) is 0 Å². The number of benzene rings is 1. The standard InChI is InChI=1S/C17H22N2O4/c1-11(2)17(22)23-10-16(21)18-14-6-7-15-13(9-14)5-4-8-19(15)12(3)20/h6-7,9,11H,4-5,8,10H2,1-3H3,(H,18,21). The van der Waals surface area contributed by atoms with Crippen LogP contribution in [0.3, 0.4) is 0 Å². The summed E-state index contributed by atoms with van der Waals surface area (Å²) in [5, 5.41) is 2.71. The van der Waals surface area contributed by atoms with E-state index in [9.17, 15) is 14.4 Å². The molecule has 2 amide bonds. The average molecular weight is 318 g/mol. The number of esters is 1. The van der Waals surface area contributed by atoms with Crippen molar-refractivity contribution in [3.63, 3.8) is 0 Å². The van der Waals surface area contributed by atoms with E-state index in [0.29, 0.717) is 5.69 Å². The number of fused-ring (bicyclic) bond motifs is 1. The van der Waals surface area contributed by atoms with Crippen LogP contribution in [-0.4, -0.2) is 30.9 Å². The first-order valence-corrected chi connectivity index (χ1v) is 7.76. The van der Waals surface area contributed by atoms with Crippen molar-refractivity contribution in [1.29, 1.82) is 0 Å². The Morgan fingerprint density at radius 3 is 2.70 bits per heavy atom. The lowest BCUT2D eigenvalue weighted by atomic mass is 10.0. The van der Waals surface area contributed by atoms with E-state index in [-0.39, 0.29) is 24.3 Å². The van der Waals surface area contributed by atoms with Crippen LogP contribution in [-0.2, 0) is 25.5 Å². The van der Waals surface area contributed by atoms with Gasteiger partial charge in [-0.3, -0.25) is 14.4 Å². The molecule has 0 saturated heterocycles. The monoisotopic (exact) mass is 318 g/mol. The smallest absolute Gasteiger partial charge is 0.308 e. The first-order valence-electron chi connectivity index (χ1n) is 7.76. The minimum atomic E-state index is -0.400. The molecule has 0 saturated carbocycles. The molecule has 0 aliphatic carbocycles. The third-order valence-corrected chi connectivity index (χ3v) is 3.68. The van der Waals surface area contributed by atoms with E-state index in [1.807, 2.05) is 12.1 Å². The van der Waals surface area contributed by atoms with Gasteiger partial charge in [0.1, 0.15) is 0 Å². The highest BCUT2D eigenvalue weighted by atomic mass is 16.5. The number of carbonyl (C=O) groups is 3. The molecule has 0 unspecified atom stereocenters. The van der Waals surface area contributed by atoms with Gasteiger partial charge in [0, 0.05) is 24.8 Å². The number of anilines is 2. The third-order valence-electron chi connectivity index (χ3n) is 3.68. The lowest BCUT2D eigenvalue weighted by Gasteiger charge is -2.28. The quantitative estimate of drug-likeness (QED) is 0.863. The van der Waals surface area contributed by atoms with Gasteiger partial charge in [-0.05, 0) is 36.6 Å². The van der Waals surface area contributed by atoms with Crippen molar-refractivity contribution < 1.29 is 19.1 Å². The third kappa shape index (κ3) is 4.31. The Hall–Kier alpha value is -2.37. The molecule has 1 heterocycles. The first kappa shape index (κ1) is 17.0. The maximum Gasteiger partial charge on any atom is 0.308 e. The molecule has 23 heavy (non-hydrogen) atoms. The number of carbonyl (C=O) groups excluding carboxylic acids is 3. The fourth-order valence-electron chi connectivity index (χ4n) is 2.50. The number of rotatable bonds is 4. The normalized spacial score (nSPS) is 13.5. The minimum Gasteiger partial charge on any atom is -0.455 e. The maximum absolute atomic E-state index is 11.8. The predicted molar refractivity (Wildman–Crippen MR) is 87.2 cm³/mol. The maximum atomic E-state index is 11.8. The van der Waals surface area contributed by atoms with Crippen LogP contribution in [0.25, 0.3) is 0 Å². The number of aryl methyl sites for hydroxylation is 1. The molecule has 0 fully saturated rings. The molecule has 0 aromatic heterocycles. The van der Waals surface area contributed by atoms with Crippen LogP contribution in [0.1, 0.15) is 32.8 Å².